The van der Waals surface area contributed by atoms with Crippen molar-refractivity contribution < 1.29 is 9.53 Å². The number of hydrogen-bond donors (Lipinski definition) is 2. The standard InChI is InChI=1S/C16H16Cl2N2O2/c17-13-6-7-15(14(18)10-13)22-11-20-16(21)19-9-8-12-4-2-1-3-5-12/h1-7,10H,8-9,11H2,(H2,19,20,21). The van der Waals surface area contributed by atoms with Gasteiger partial charge in [0, 0.05) is 11.6 Å². The molecule has 0 heterocycles. The summed E-state index contributed by atoms with van der Waals surface area (Å²) in [6, 6.07) is 14.6. The lowest BCUT2D eigenvalue weighted by atomic mass is 10.1. The van der Waals surface area contributed by atoms with Crippen molar-refractivity contribution in [3.05, 3.63) is 64.1 Å². The van der Waals surface area contributed by atoms with Gasteiger partial charge < -0.3 is 15.4 Å². The van der Waals surface area contributed by atoms with Gasteiger partial charge in [0.1, 0.15) is 5.75 Å². The minimum atomic E-state index is -0.291. The van der Waals surface area contributed by atoms with Crippen LogP contribution in [0.25, 0.3) is 0 Å². The van der Waals surface area contributed by atoms with Crippen LogP contribution in [0.1, 0.15) is 5.56 Å². The summed E-state index contributed by atoms with van der Waals surface area (Å²) in [5, 5.41) is 6.29. The van der Waals surface area contributed by atoms with Crippen molar-refractivity contribution in [3.8, 4) is 5.75 Å². The summed E-state index contributed by atoms with van der Waals surface area (Å²) >= 11 is 11.7. The molecule has 0 radical (unpaired) electrons. The Hall–Kier alpha value is -1.91. The second-order valence-electron chi connectivity index (χ2n) is 4.53. The van der Waals surface area contributed by atoms with Gasteiger partial charge in [-0.25, -0.2) is 4.79 Å². The van der Waals surface area contributed by atoms with Gasteiger partial charge in [0.2, 0.25) is 0 Å². The fourth-order valence-electron chi connectivity index (χ4n) is 1.80. The number of hydrogen-bond acceptors (Lipinski definition) is 2. The SMILES string of the molecule is O=C(NCCc1ccccc1)NCOc1ccc(Cl)cc1Cl. The second-order valence-corrected chi connectivity index (χ2v) is 5.38. The van der Waals surface area contributed by atoms with Crippen molar-refractivity contribution >= 4 is 29.2 Å². The fraction of sp³-hybridized carbons (Fsp3) is 0.188. The number of rotatable bonds is 6. The number of carbonyl (C=O) groups excluding carboxylic acids is 1. The Kier molecular flexibility index (Phi) is 6.37. The van der Waals surface area contributed by atoms with E-state index in [9.17, 15) is 4.79 Å². The minimum Gasteiger partial charge on any atom is -0.472 e. The molecular weight excluding hydrogens is 323 g/mol. The molecule has 0 aliphatic rings. The average molecular weight is 339 g/mol. The molecule has 2 rings (SSSR count). The molecule has 4 nitrogen and oxygen atoms in total. The number of ether oxygens (including phenoxy) is 1. The van der Waals surface area contributed by atoms with E-state index in [-0.39, 0.29) is 12.8 Å². The number of urea groups is 1. The van der Waals surface area contributed by atoms with Crippen molar-refractivity contribution in [2.45, 2.75) is 6.42 Å². The molecule has 0 saturated carbocycles. The summed E-state index contributed by atoms with van der Waals surface area (Å²) in [6.07, 6.45) is 0.776. The molecular formula is C16H16Cl2N2O2. The highest BCUT2D eigenvalue weighted by Gasteiger charge is 2.03. The van der Waals surface area contributed by atoms with Crippen LogP contribution in [0.15, 0.2) is 48.5 Å². The van der Waals surface area contributed by atoms with Crippen molar-refractivity contribution in [1.29, 1.82) is 0 Å². The van der Waals surface area contributed by atoms with Gasteiger partial charge in [-0.2, -0.15) is 0 Å². The van der Waals surface area contributed by atoms with Gasteiger partial charge in [0.25, 0.3) is 0 Å². The van der Waals surface area contributed by atoms with Gasteiger partial charge in [-0.1, -0.05) is 53.5 Å². The van der Waals surface area contributed by atoms with Crippen molar-refractivity contribution in [2.24, 2.45) is 0 Å². The molecule has 116 valence electrons. The maximum absolute atomic E-state index is 11.6. The van der Waals surface area contributed by atoms with Crippen LogP contribution in [0.5, 0.6) is 5.75 Å². The Morgan fingerprint density at radius 3 is 2.55 bits per heavy atom. The zero-order valence-electron chi connectivity index (χ0n) is 11.8. The van der Waals surface area contributed by atoms with E-state index in [1.165, 1.54) is 5.56 Å². The molecule has 2 N–H and O–H groups in total. The maximum Gasteiger partial charge on any atom is 0.317 e. The number of carbonyl (C=O) groups is 1. The lowest BCUT2D eigenvalue weighted by Gasteiger charge is -2.10. The minimum absolute atomic E-state index is 0.0263. The topological polar surface area (TPSA) is 50.4 Å². The Morgan fingerprint density at radius 1 is 1.05 bits per heavy atom. The first kappa shape index (κ1) is 16.5. The highest BCUT2D eigenvalue weighted by atomic mass is 35.5. The normalized spacial score (nSPS) is 10.1. The van der Waals surface area contributed by atoms with Crippen LogP contribution in [-0.4, -0.2) is 19.3 Å². The third-order valence-corrected chi connectivity index (χ3v) is 3.43. The van der Waals surface area contributed by atoms with Crippen molar-refractivity contribution in [2.75, 3.05) is 13.3 Å². The molecule has 6 heteroatoms. The molecule has 0 saturated heterocycles. The number of amides is 2. The molecule has 0 aromatic heterocycles. The molecule has 0 spiro atoms. The quantitative estimate of drug-likeness (QED) is 0.785. The molecule has 2 aromatic rings. The Balaban J connectivity index is 1.65. The summed E-state index contributed by atoms with van der Waals surface area (Å²) in [5.74, 6) is 0.468. The van der Waals surface area contributed by atoms with Gasteiger partial charge >= 0.3 is 6.03 Å². The molecule has 2 aromatic carbocycles. The second kappa shape index (κ2) is 8.51. The van der Waals surface area contributed by atoms with Crippen LogP contribution in [0.3, 0.4) is 0 Å². The maximum atomic E-state index is 11.6. The number of halogens is 2. The summed E-state index contributed by atoms with van der Waals surface area (Å²) in [5.41, 5.74) is 1.17. The molecule has 0 atom stereocenters. The van der Waals surface area contributed by atoms with Crippen LogP contribution in [0, 0.1) is 0 Å². The average Bonchev–Trinajstić information content (AvgIpc) is 2.50. The molecule has 2 amide bonds. The summed E-state index contributed by atoms with van der Waals surface area (Å²) < 4.78 is 5.36. The van der Waals surface area contributed by atoms with Crippen molar-refractivity contribution in [1.82, 2.24) is 10.6 Å². The van der Waals surface area contributed by atoms with E-state index in [2.05, 4.69) is 10.6 Å². The van der Waals surface area contributed by atoms with Crippen LogP contribution in [-0.2, 0) is 6.42 Å². The first-order valence-electron chi connectivity index (χ1n) is 6.78. The van der Waals surface area contributed by atoms with Crippen LogP contribution < -0.4 is 15.4 Å². The van der Waals surface area contributed by atoms with E-state index < -0.39 is 0 Å². The largest absolute Gasteiger partial charge is 0.472 e. The first-order chi connectivity index (χ1) is 10.6. The van der Waals surface area contributed by atoms with Gasteiger partial charge in [0.15, 0.2) is 6.73 Å². The highest BCUT2D eigenvalue weighted by molar-refractivity contribution is 6.35. The van der Waals surface area contributed by atoms with Gasteiger partial charge in [0.05, 0.1) is 5.02 Å². The molecule has 22 heavy (non-hydrogen) atoms. The summed E-state index contributed by atoms with van der Waals surface area (Å²) in [4.78, 5) is 11.6. The zero-order valence-corrected chi connectivity index (χ0v) is 13.3. The Morgan fingerprint density at radius 2 is 1.82 bits per heavy atom. The van der Waals surface area contributed by atoms with E-state index in [4.69, 9.17) is 27.9 Å². The summed E-state index contributed by atoms with van der Waals surface area (Å²) in [6.45, 7) is 0.579. The van der Waals surface area contributed by atoms with Gasteiger partial charge in [-0.3, -0.25) is 0 Å². The van der Waals surface area contributed by atoms with E-state index in [1.807, 2.05) is 30.3 Å². The highest BCUT2D eigenvalue weighted by Crippen LogP contribution is 2.27. The van der Waals surface area contributed by atoms with Gasteiger partial charge in [-0.15, -0.1) is 0 Å². The predicted octanol–water partition coefficient (Wildman–Crippen LogP) is 3.87. The molecule has 0 bridgehead atoms. The van der Waals surface area contributed by atoms with Crippen LogP contribution >= 0.6 is 23.2 Å². The third kappa shape index (κ3) is 5.47. The lowest BCUT2D eigenvalue weighted by Crippen LogP contribution is -2.38. The van der Waals surface area contributed by atoms with E-state index in [0.29, 0.717) is 22.3 Å². The molecule has 0 aliphatic carbocycles. The summed E-state index contributed by atoms with van der Waals surface area (Å²) in [7, 11) is 0. The Bertz CT molecular complexity index is 621. The monoisotopic (exact) mass is 338 g/mol. The van der Waals surface area contributed by atoms with Crippen molar-refractivity contribution in [3.63, 3.8) is 0 Å². The smallest absolute Gasteiger partial charge is 0.317 e. The zero-order chi connectivity index (χ0) is 15.8. The fourth-order valence-corrected chi connectivity index (χ4v) is 2.26. The van der Waals surface area contributed by atoms with Gasteiger partial charge in [-0.05, 0) is 30.2 Å². The number of benzene rings is 2. The lowest BCUT2D eigenvalue weighted by molar-refractivity contribution is 0.224. The van der Waals surface area contributed by atoms with Crippen LogP contribution in [0.2, 0.25) is 10.0 Å². The first-order valence-corrected chi connectivity index (χ1v) is 7.54. The molecule has 0 unspecified atom stereocenters. The van der Waals surface area contributed by atoms with E-state index in [0.717, 1.165) is 6.42 Å². The van der Waals surface area contributed by atoms with Crippen LogP contribution in [0.4, 0.5) is 4.79 Å². The van der Waals surface area contributed by atoms with E-state index in [1.54, 1.807) is 18.2 Å². The van der Waals surface area contributed by atoms with E-state index >= 15 is 0 Å². The molecule has 0 aliphatic heterocycles. The predicted molar refractivity (Wildman–Crippen MR) is 88.6 cm³/mol. The number of nitrogens with one attached hydrogen (secondary N) is 2. The Labute approximate surface area is 139 Å². The third-order valence-electron chi connectivity index (χ3n) is 2.90. The molecule has 0 fully saturated rings.